The molecule has 1 aromatic carbocycles. The van der Waals surface area contributed by atoms with Crippen molar-refractivity contribution in [2.75, 3.05) is 7.05 Å². The number of likely N-dealkylation sites (N-methyl/N-ethyl adjacent to an activating group) is 1. The Kier molecular flexibility index (Phi) is 5.77. The van der Waals surface area contributed by atoms with Crippen LogP contribution in [0.25, 0.3) is 22.0 Å². The normalized spacial score (nSPS) is 12.0. The number of aromatic nitrogens is 3. The molecule has 2 N–H and O–H groups in total. The van der Waals surface area contributed by atoms with E-state index in [0.717, 1.165) is 40.6 Å². The molecule has 150 valence electrons. The predicted octanol–water partition coefficient (Wildman–Crippen LogP) is 3.82. The van der Waals surface area contributed by atoms with Gasteiger partial charge in [0.1, 0.15) is 6.04 Å². The lowest BCUT2D eigenvalue weighted by molar-refractivity contribution is -0.139. The van der Waals surface area contributed by atoms with Crippen LogP contribution >= 0.6 is 0 Å². The summed E-state index contributed by atoms with van der Waals surface area (Å²) < 4.78 is 0. The van der Waals surface area contributed by atoms with Crippen molar-refractivity contribution in [3.8, 4) is 11.1 Å². The number of nitrogens with one attached hydrogen (secondary N) is 1. The molecule has 6 nitrogen and oxygen atoms in total. The van der Waals surface area contributed by atoms with E-state index in [0.29, 0.717) is 5.69 Å². The number of carbonyl (C=O) groups is 1. The molecule has 1 atom stereocenters. The largest absolute Gasteiger partial charge is 0.480 e. The number of aliphatic carboxylic acids is 1. The van der Waals surface area contributed by atoms with Crippen molar-refractivity contribution in [2.24, 2.45) is 0 Å². The number of nitrogens with zero attached hydrogens (tertiary/aromatic N) is 3. The molecule has 0 saturated heterocycles. The lowest BCUT2D eigenvalue weighted by Crippen LogP contribution is -2.26. The smallest absolute Gasteiger partial charge is 0.326 e. The molecule has 30 heavy (non-hydrogen) atoms. The molecule has 0 aliphatic rings. The maximum absolute atomic E-state index is 11.7. The first-order chi connectivity index (χ1) is 14.7. The van der Waals surface area contributed by atoms with Crippen molar-refractivity contribution >= 4 is 16.9 Å². The average molecular weight is 398 g/mol. The van der Waals surface area contributed by atoms with Gasteiger partial charge in [-0.05, 0) is 79.0 Å². The van der Waals surface area contributed by atoms with Crippen LogP contribution in [0.1, 0.15) is 23.0 Å². The highest BCUT2D eigenvalue weighted by molar-refractivity contribution is 5.95. The Bertz CT molecular complexity index is 1160. The molecule has 3 aromatic heterocycles. The molecule has 0 bridgehead atoms. The van der Waals surface area contributed by atoms with Gasteiger partial charge in [0.05, 0.1) is 11.2 Å². The zero-order chi connectivity index (χ0) is 20.9. The van der Waals surface area contributed by atoms with Crippen LogP contribution in [0.4, 0.5) is 0 Å². The number of aryl methyl sites for hydroxylation is 2. The van der Waals surface area contributed by atoms with Gasteiger partial charge < -0.3 is 10.4 Å². The third-order valence-electron chi connectivity index (χ3n) is 5.11. The fourth-order valence-corrected chi connectivity index (χ4v) is 3.58. The summed E-state index contributed by atoms with van der Waals surface area (Å²) in [5.41, 5.74) is 5.40. The van der Waals surface area contributed by atoms with Crippen LogP contribution in [0.3, 0.4) is 0 Å². The van der Waals surface area contributed by atoms with Gasteiger partial charge in [-0.3, -0.25) is 19.7 Å². The second kappa shape index (κ2) is 8.80. The van der Waals surface area contributed by atoms with Gasteiger partial charge in [-0.15, -0.1) is 0 Å². The second-order valence-electron chi connectivity index (χ2n) is 7.06. The van der Waals surface area contributed by atoms with Crippen molar-refractivity contribution in [3.63, 3.8) is 0 Å². The lowest BCUT2D eigenvalue weighted by Gasteiger charge is -2.15. The van der Waals surface area contributed by atoms with Gasteiger partial charge in [0.25, 0.3) is 0 Å². The fraction of sp³-hybridized carbons (Fsp3) is 0.167. The molecule has 4 aromatic rings. The fourth-order valence-electron chi connectivity index (χ4n) is 3.58. The van der Waals surface area contributed by atoms with E-state index in [1.807, 2.05) is 54.7 Å². The van der Waals surface area contributed by atoms with E-state index in [1.165, 1.54) is 5.56 Å². The van der Waals surface area contributed by atoms with Crippen molar-refractivity contribution < 1.29 is 9.90 Å². The number of hydrogen-bond acceptors (Lipinski definition) is 5. The summed E-state index contributed by atoms with van der Waals surface area (Å²) in [5.74, 6) is -0.961. The lowest BCUT2D eigenvalue weighted by atomic mass is 9.96. The van der Waals surface area contributed by atoms with E-state index in [2.05, 4.69) is 26.3 Å². The molecule has 0 amide bonds. The molecule has 0 spiro atoms. The minimum absolute atomic E-state index is 0.477. The van der Waals surface area contributed by atoms with Gasteiger partial charge in [-0.1, -0.05) is 12.1 Å². The summed E-state index contributed by atoms with van der Waals surface area (Å²) in [6.45, 7) is 0. The summed E-state index contributed by atoms with van der Waals surface area (Å²) in [5, 5.41) is 13.4. The summed E-state index contributed by atoms with van der Waals surface area (Å²) in [6, 6.07) is 16.9. The highest BCUT2D eigenvalue weighted by Crippen LogP contribution is 2.31. The van der Waals surface area contributed by atoms with E-state index >= 15 is 0 Å². The van der Waals surface area contributed by atoms with Crippen molar-refractivity contribution in [1.29, 1.82) is 0 Å². The number of benzene rings is 1. The van der Waals surface area contributed by atoms with E-state index in [1.54, 1.807) is 19.4 Å². The molecular weight excluding hydrogens is 376 g/mol. The van der Waals surface area contributed by atoms with Crippen LogP contribution in [-0.2, 0) is 17.6 Å². The molecule has 3 heterocycles. The van der Waals surface area contributed by atoms with Crippen molar-refractivity contribution in [1.82, 2.24) is 20.3 Å². The maximum atomic E-state index is 11.7. The standard InChI is InChI=1S/C24H22N4O2/c1-25-23(24(29)30)22-15-19(17-9-12-26-13-10-17)20-14-16(6-8-21(20)28-22)5-7-18-4-2-3-11-27-18/h2-4,6,8-15,23,25H,5,7H2,1H3,(H,29,30). The van der Waals surface area contributed by atoms with Gasteiger partial charge in [0, 0.05) is 29.7 Å². The summed E-state index contributed by atoms with van der Waals surface area (Å²) >= 11 is 0. The number of rotatable bonds is 7. The van der Waals surface area contributed by atoms with Crippen LogP contribution < -0.4 is 5.32 Å². The van der Waals surface area contributed by atoms with Crippen LogP contribution in [0.5, 0.6) is 0 Å². The Morgan fingerprint density at radius 3 is 2.57 bits per heavy atom. The molecule has 0 aliphatic heterocycles. The first-order valence-electron chi connectivity index (χ1n) is 9.79. The van der Waals surface area contributed by atoms with Crippen LogP contribution in [-0.4, -0.2) is 33.1 Å². The number of hydrogen-bond donors (Lipinski definition) is 2. The molecule has 0 aliphatic carbocycles. The van der Waals surface area contributed by atoms with E-state index in [9.17, 15) is 9.90 Å². The summed E-state index contributed by atoms with van der Waals surface area (Å²) in [7, 11) is 1.62. The zero-order valence-corrected chi connectivity index (χ0v) is 16.6. The Morgan fingerprint density at radius 1 is 1.03 bits per heavy atom. The Balaban J connectivity index is 1.79. The SMILES string of the molecule is CNC(C(=O)O)c1cc(-c2ccncc2)c2cc(CCc3ccccn3)ccc2n1. The minimum atomic E-state index is -0.961. The first kappa shape index (κ1) is 19.7. The Hall–Kier alpha value is -3.64. The minimum Gasteiger partial charge on any atom is -0.480 e. The predicted molar refractivity (Wildman–Crippen MR) is 116 cm³/mol. The Morgan fingerprint density at radius 2 is 1.87 bits per heavy atom. The number of pyridine rings is 3. The van der Waals surface area contributed by atoms with Crippen molar-refractivity contribution in [2.45, 2.75) is 18.9 Å². The molecule has 6 heteroatoms. The van der Waals surface area contributed by atoms with E-state index < -0.39 is 12.0 Å². The van der Waals surface area contributed by atoms with Crippen LogP contribution in [0.15, 0.2) is 73.2 Å². The maximum Gasteiger partial charge on any atom is 0.326 e. The molecule has 0 radical (unpaired) electrons. The molecule has 0 saturated carbocycles. The van der Waals surface area contributed by atoms with Crippen molar-refractivity contribution in [3.05, 3.63) is 90.1 Å². The van der Waals surface area contributed by atoms with E-state index in [4.69, 9.17) is 0 Å². The van der Waals surface area contributed by atoms with Crippen LogP contribution in [0, 0.1) is 0 Å². The third-order valence-corrected chi connectivity index (χ3v) is 5.11. The van der Waals surface area contributed by atoms with Gasteiger partial charge in [0.2, 0.25) is 0 Å². The highest BCUT2D eigenvalue weighted by atomic mass is 16.4. The van der Waals surface area contributed by atoms with Gasteiger partial charge in [0.15, 0.2) is 0 Å². The second-order valence-corrected chi connectivity index (χ2v) is 7.06. The number of fused-ring (bicyclic) bond motifs is 1. The van der Waals surface area contributed by atoms with E-state index in [-0.39, 0.29) is 0 Å². The summed E-state index contributed by atoms with van der Waals surface area (Å²) in [4.78, 5) is 24.8. The molecule has 4 rings (SSSR count). The third kappa shape index (κ3) is 4.18. The van der Waals surface area contributed by atoms with Gasteiger partial charge >= 0.3 is 5.97 Å². The topological polar surface area (TPSA) is 88.0 Å². The zero-order valence-electron chi connectivity index (χ0n) is 16.6. The molecular formula is C24H22N4O2. The highest BCUT2D eigenvalue weighted by Gasteiger charge is 2.21. The monoisotopic (exact) mass is 398 g/mol. The average Bonchev–Trinajstić information content (AvgIpc) is 2.78. The van der Waals surface area contributed by atoms with Crippen LogP contribution in [0.2, 0.25) is 0 Å². The summed E-state index contributed by atoms with van der Waals surface area (Å²) in [6.07, 6.45) is 6.99. The number of carboxylic acid groups (broad SMARTS) is 1. The molecule has 1 unspecified atom stereocenters. The first-order valence-corrected chi connectivity index (χ1v) is 9.79. The Labute approximate surface area is 174 Å². The number of carboxylic acids is 1. The van der Waals surface area contributed by atoms with Gasteiger partial charge in [-0.2, -0.15) is 0 Å². The molecule has 0 fully saturated rings. The quantitative estimate of drug-likeness (QED) is 0.492. The van der Waals surface area contributed by atoms with Gasteiger partial charge in [-0.25, -0.2) is 0 Å².